The summed E-state index contributed by atoms with van der Waals surface area (Å²) in [5, 5.41) is 32.8. The van der Waals surface area contributed by atoms with Crippen LogP contribution < -0.4 is 21.6 Å². The maximum Gasteiger partial charge on any atom is 0.280 e. The second-order valence-corrected chi connectivity index (χ2v) is 9.84. The van der Waals surface area contributed by atoms with Crippen LogP contribution in [0.1, 0.15) is 17.2 Å². The summed E-state index contributed by atoms with van der Waals surface area (Å²) in [4.78, 5) is 27.3. The van der Waals surface area contributed by atoms with Gasteiger partial charge in [-0.1, -0.05) is 54.6 Å². The molecule has 3 aromatic carbocycles. The molecular weight excluding hydrogens is 508 g/mol. The van der Waals surface area contributed by atoms with E-state index in [0.29, 0.717) is 38.9 Å². The average molecular weight is 533 g/mol. The summed E-state index contributed by atoms with van der Waals surface area (Å²) < 4.78 is 2.97. The summed E-state index contributed by atoms with van der Waals surface area (Å²) in [5.41, 5.74) is 5.31. The molecule has 4 N–H and O–H groups in total. The minimum atomic E-state index is -0.680. The van der Waals surface area contributed by atoms with Crippen LogP contribution >= 0.6 is 0 Å². The molecule has 3 aromatic heterocycles. The molecule has 0 amide bonds. The molecule has 0 radical (unpaired) electrons. The quantitative estimate of drug-likeness (QED) is 0.270. The van der Waals surface area contributed by atoms with Gasteiger partial charge in [0.2, 0.25) is 0 Å². The van der Waals surface area contributed by atoms with Gasteiger partial charge < -0.3 is 19.3 Å². The van der Waals surface area contributed by atoms with E-state index in [1.54, 1.807) is 67.6 Å². The number of pyridine rings is 2. The number of H-pyrrole nitrogens is 1. The molecule has 1 aliphatic heterocycles. The van der Waals surface area contributed by atoms with Crippen LogP contribution in [0.2, 0.25) is 0 Å². The van der Waals surface area contributed by atoms with E-state index < -0.39 is 17.2 Å². The van der Waals surface area contributed by atoms with E-state index in [1.165, 1.54) is 9.13 Å². The van der Waals surface area contributed by atoms with Gasteiger partial charge in [-0.25, -0.2) is 0 Å². The lowest BCUT2D eigenvalue weighted by atomic mass is 9.95. The number of hydrogen-bond acceptors (Lipinski definition) is 7. The predicted molar refractivity (Wildman–Crippen MR) is 154 cm³/mol. The molecule has 1 atom stereocenters. The van der Waals surface area contributed by atoms with Crippen LogP contribution in [0.3, 0.4) is 0 Å². The molecule has 6 aromatic rings. The van der Waals surface area contributed by atoms with E-state index in [-0.39, 0.29) is 22.7 Å². The zero-order chi connectivity index (χ0) is 27.7. The van der Waals surface area contributed by atoms with Crippen molar-refractivity contribution in [1.29, 1.82) is 0 Å². The molecule has 0 aliphatic carbocycles. The van der Waals surface area contributed by atoms with Crippen molar-refractivity contribution >= 4 is 33.3 Å². The number of benzene rings is 3. The number of aromatic nitrogens is 4. The molecular formula is C30H24N6O4. The highest BCUT2D eigenvalue weighted by molar-refractivity contribution is 5.95. The molecule has 40 heavy (non-hydrogen) atoms. The first-order valence-corrected chi connectivity index (χ1v) is 12.7. The van der Waals surface area contributed by atoms with Crippen molar-refractivity contribution in [2.24, 2.45) is 14.1 Å². The Kier molecular flexibility index (Phi) is 5.01. The highest BCUT2D eigenvalue weighted by Gasteiger charge is 2.41. The number of nitrogens with zero attached hydrogens (tertiary/aromatic N) is 4. The van der Waals surface area contributed by atoms with Crippen LogP contribution in [0.5, 0.6) is 11.5 Å². The van der Waals surface area contributed by atoms with Crippen molar-refractivity contribution < 1.29 is 10.2 Å². The molecule has 0 bridgehead atoms. The van der Waals surface area contributed by atoms with Gasteiger partial charge >= 0.3 is 0 Å². The van der Waals surface area contributed by atoms with Crippen molar-refractivity contribution in [1.82, 2.24) is 19.3 Å². The Morgan fingerprint density at radius 3 is 2.00 bits per heavy atom. The van der Waals surface area contributed by atoms with Crippen molar-refractivity contribution in [3.8, 4) is 22.8 Å². The molecule has 10 heteroatoms. The minimum Gasteiger partial charge on any atom is -0.506 e. The third-order valence-electron chi connectivity index (χ3n) is 7.70. The number of aromatic hydroxyl groups is 2. The maximum absolute atomic E-state index is 13.7. The van der Waals surface area contributed by atoms with Crippen molar-refractivity contribution in [3.63, 3.8) is 0 Å². The number of para-hydroxylation sites is 2. The second kappa shape index (κ2) is 8.50. The van der Waals surface area contributed by atoms with Gasteiger partial charge in [-0.3, -0.25) is 25.1 Å². The van der Waals surface area contributed by atoms with E-state index in [4.69, 9.17) is 0 Å². The summed E-state index contributed by atoms with van der Waals surface area (Å²) in [6.07, 6.45) is 0. The average Bonchev–Trinajstić information content (AvgIpc) is 3.55. The highest BCUT2D eigenvalue weighted by atomic mass is 16.3. The second-order valence-electron chi connectivity index (χ2n) is 9.84. The number of hydrazine groups is 1. The maximum atomic E-state index is 13.7. The molecule has 1 unspecified atom stereocenters. The SMILES string of the molecule is Cn1c(=O)c(-c2[nH]nc3c2C(c2ccccc2)N(c2c(O)c4ccccc4n(C)c2=O)N3)c(O)c2ccccc21. The standard InChI is InChI=1S/C30H24N6O4/c1-34-19-14-8-6-12-17(19)26(37)22(29(34)39)23-21-24(16-10-4-3-5-11-16)36(33-28(21)32-31-23)25-27(38)18-13-7-9-15-20(18)35(2)30(25)40/h3-15,24,37-38H,1-2H3,(H2,31,32,33). The van der Waals surface area contributed by atoms with Crippen LogP contribution in [0.4, 0.5) is 11.5 Å². The largest absolute Gasteiger partial charge is 0.506 e. The Hall–Kier alpha value is -5.51. The Bertz CT molecular complexity index is 2090. The van der Waals surface area contributed by atoms with Crippen LogP contribution in [0.25, 0.3) is 33.1 Å². The number of aryl methyl sites for hydroxylation is 2. The van der Waals surface area contributed by atoms with Crippen molar-refractivity contribution in [2.45, 2.75) is 6.04 Å². The Morgan fingerprint density at radius 1 is 0.750 bits per heavy atom. The first-order chi connectivity index (χ1) is 19.4. The summed E-state index contributed by atoms with van der Waals surface area (Å²) in [6.45, 7) is 0. The third-order valence-corrected chi connectivity index (χ3v) is 7.70. The van der Waals surface area contributed by atoms with Gasteiger partial charge in [-0.15, -0.1) is 0 Å². The summed E-state index contributed by atoms with van der Waals surface area (Å²) >= 11 is 0. The van der Waals surface area contributed by atoms with E-state index in [0.717, 1.165) is 5.56 Å². The van der Waals surface area contributed by atoms with Gasteiger partial charge in [0.15, 0.2) is 17.3 Å². The van der Waals surface area contributed by atoms with E-state index in [1.807, 2.05) is 30.3 Å². The smallest absolute Gasteiger partial charge is 0.280 e. The molecule has 4 heterocycles. The van der Waals surface area contributed by atoms with E-state index in [2.05, 4.69) is 15.6 Å². The summed E-state index contributed by atoms with van der Waals surface area (Å²) in [6, 6.07) is 23.0. The minimum absolute atomic E-state index is 0.0367. The van der Waals surface area contributed by atoms with Gasteiger partial charge in [0, 0.05) is 24.9 Å². The zero-order valence-corrected chi connectivity index (χ0v) is 21.6. The lowest BCUT2D eigenvalue weighted by Gasteiger charge is -2.28. The van der Waals surface area contributed by atoms with E-state index in [9.17, 15) is 19.8 Å². The number of rotatable bonds is 3. The highest BCUT2D eigenvalue weighted by Crippen LogP contribution is 2.48. The van der Waals surface area contributed by atoms with Gasteiger partial charge in [0.1, 0.15) is 17.4 Å². The predicted octanol–water partition coefficient (Wildman–Crippen LogP) is 4.13. The lowest BCUT2D eigenvalue weighted by Crippen LogP contribution is -2.35. The molecule has 10 nitrogen and oxygen atoms in total. The zero-order valence-electron chi connectivity index (χ0n) is 21.6. The molecule has 0 fully saturated rings. The molecule has 0 spiro atoms. The lowest BCUT2D eigenvalue weighted by molar-refractivity contribution is 0.477. The first-order valence-electron chi connectivity index (χ1n) is 12.7. The van der Waals surface area contributed by atoms with Crippen molar-refractivity contribution in [3.05, 3.63) is 111 Å². The number of aromatic amines is 1. The monoisotopic (exact) mass is 532 g/mol. The number of nitrogens with one attached hydrogen (secondary N) is 2. The summed E-state index contributed by atoms with van der Waals surface area (Å²) in [5.74, 6) is 0.0280. The van der Waals surface area contributed by atoms with Crippen LogP contribution in [-0.2, 0) is 14.1 Å². The normalized spacial score (nSPS) is 14.6. The van der Waals surface area contributed by atoms with Gasteiger partial charge in [0.05, 0.1) is 22.3 Å². The fourth-order valence-corrected chi connectivity index (χ4v) is 5.72. The molecule has 0 saturated heterocycles. The van der Waals surface area contributed by atoms with Gasteiger partial charge in [-0.2, -0.15) is 5.10 Å². The molecule has 198 valence electrons. The summed E-state index contributed by atoms with van der Waals surface area (Å²) in [7, 11) is 3.31. The fraction of sp³-hybridized carbons (Fsp3) is 0.100. The van der Waals surface area contributed by atoms with Crippen LogP contribution in [-0.4, -0.2) is 29.5 Å². The Morgan fingerprint density at radius 2 is 1.32 bits per heavy atom. The fourth-order valence-electron chi connectivity index (χ4n) is 5.72. The molecule has 0 saturated carbocycles. The Balaban J connectivity index is 1.51. The molecule has 7 rings (SSSR count). The number of hydrogen-bond donors (Lipinski definition) is 4. The topological polar surface area (TPSA) is 128 Å². The van der Waals surface area contributed by atoms with Crippen molar-refractivity contribution in [2.75, 3.05) is 10.4 Å². The first kappa shape index (κ1) is 23.6. The third kappa shape index (κ3) is 3.13. The Labute approximate surface area is 227 Å². The number of fused-ring (bicyclic) bond motifs is 3. The van der Waals surface area contributed by atoms with Crippen LogP contribution in [0.15, 0.2) is 88.5 Å². The van der Waals surface area contributed by atoms with E-state index >= 15 is 0 Å². The molecule has 1 aliphatic rings. The van der Waals surface area contributed by atoms with Gasteiger partial charge in [0.25, 0.3) is 11.1 Å². The van der Waals surface area contributed by atoms with Crippen LogP contribution in [0, 0.1) is 0 Å². The van der Waals surface area contributed by atoms with Gasteiger partial charge in [-0.05, 0) is 29.8 Å². The number of anilines is 2.